The summed E-state index contributed by atoms with van der Waals surface area (Å²) in [6.07, 6.45) is 16.5. The number of unbranched alkanes of at least 4 members (excludes halogenated alkanes) is 10. The molecule has 0 aliphatic rings. The molecule has 0 aliphatic carbocycles. The van der Waals surface area contributed by atoms with Crippen LogP contribution in [0.3, 0.4) is 0 Å². The van der Waals surface area contributed by atoms with Crippen LogP contribution in [-0.2, 0) is 19.5 Å². The molecule has 7 heteroatoms. The van der Waals surface area contributed by atoms with Crippen LogP contribution < -0.4 is 17.0 Å². The Morgan fingerprint density at radius 3 is 1.86 bits per heavy atom. The van der Waals surface area contributed by atoms with Gasteiger partial charge in [-0.3, -0.25) is 0 Å². The number of halogens is 2. The Hall–Kier alpha value is 1.94. The molecule has 0 N–H and O–H groups in total. The van der Waals surface area contributed by atoms with Crippen LogP contribution in [0.25, 0.3) is 9.40 Å². The molecule has 0 amide bonds. The number of hydrogen-bond acceptors (Lipinski definition) is 4. The fourth-order valence-corrected chi connectivity index (χ4v) is 9.11. The largest absolute Gasteiger partial charge is 1.00 e. The summed E-state index contributed by atoms with van der Waals surface area (Å²) >= 11 is 11.6. The van der Waals surface area contributed by atoms with Gasteiger partial charge in [0.2, 0.25) is 0 Å². The molecule has 0 aliphatic heterocycles. The quantitative estimate of drug-likeness (QED) is 0.105. The number of rotatable bonds is 16. The molecule has 29 heavy (non-hydrogen) atoms. The molecule has 2 aromatic heterocycles. The van der Waals surface area contributed by atoms with Gasteiger partial charge >= 0.3 is 0 Å². The van der Waals surface area contributed by atoms with Crippen LogP contribution >= 0.6 is 62.1 Å². The van der Waals surface area contributed by atoms with Gasteiger partial charge in [-0.2, -0.15) is 0 Å². The van der Waals surface area contributed by atoms with Gasteiger partial charge < -0.3 is 17.0 Å². The van der Waals surface area contributed by atoms with E-state index in [1.54, 1.807) is 0 Å². The third-order valence-corrected chi connectivity index (χ3v) is 10.7. The number of thiophene rings is 2. The summed E-state index contributed by atoms with van der Waals surface area (Å²) in [6.45, 7) is 4.57. The van der Waals surface area contributed by atoms with Crippen LogP contribution in [0, 0.1) is 5.38 Å². The summed E-state index contributed by atoms with van der Waals surface area (Å²) in [5.74, 6) is 2.49. The Bertz CT molecular complexity index is 642. The fourth-order valence-electron chi connectivity index (χ4n) is 3.09. The van der Waals surface area contributed by atoms with Gasteiger partial charge in [-0.25, -0.2) is 0 Å². The standard InChI is InChI=1S/C22H34BrS4.BrH.Zn/c1-3-5-7-9-11-13-15-24-18-17-26-20-19(18)27-22(23)21(20)25-16-14-12-10-8-6-4-2;;/h3-16H2,1-2H3;1H;/p-1. The first-order valence-corrected chi connectivity index (χ1v) is 15.1. The van der Waals surface area contributed by atoms with Gasteiger partial charge in [-0.15, -0.1) is 46.2 Å². The average Bonchev–Trinajstić information content (AvgIpc) is 3.19. The Kier molecular flexibility index (Phi) is 20.7. The van der Waals surface area contributed by atoms with Crippen LogP contribution in [0.1, 0.15) is 90.9 Å². The van der Waals surface area contributed by atoms with Crippen LogP contribution in [-0.4, -0.2) is 11.5 Å². The summed E-state index contributed by atoms with van der Waals surface area (Å²) < 4.78 is 4.26. The van der Waals surface area contributed by atoms with Crippen molar-refractivity contribution < 1.29 is 36.5 Å². The molecular weight excluding hydrogens is 618 g/mol. The zero-order valence-electron chi connectivity index (χ0n) is 18.0. The van der Waals surface area contributed by atoms with E-state index in [9.17, 15) is 0 Å². The predicted molar refractivity (Wildman–Crippen MR) is 134 cm³/mol. The molecule has 0 atom stereocenters. The van der Waals surface area contributed by atoms with Crippen molar-refractivity contribution in [1.29, 1.82) is 0 Å². The molecular formula is C22H34Br2S4Zn-. The molecule has 0 bridgehead atoms. The second-order valence-corrected chi connectivity index (χ2v) is 12.5. The van der Waals surface area contributed by atoms with Gasteiger partial charge in [0.15, 0.2) is 0 Å². The first kappa shape index (κ1) is 30.9. The molecule has 0 unspecified atom stereocenters. The van der Waals surface area contributed by atoms with Crippen molar-refractivity contribution in [2.75, 3.05) is 11.5 Å². The van der Waals surface area contributed by atoms with E-state index in [1.807, 2.05) is 46.2 Å². The third kappa shape index (κ3) is 11.6. The smallest absolute Gasteiger partial charge is 0.0855 e. The van der Waals surface area contributed by atoms with Crippen LogP contribution in [0.5, 0.6) is 0 Å². The normalized spacial score (nSPS) is 10.9. The Morgan fingerprint density at radius 1 is 0.759 bits per heavy atom. The molecule has 0 spiro atoms. The van der Waals surface area contributed by atoms with Crippen LogP contribution in [0.4, 0.5) is 0 Å². The van der Waals surface area contributed by atoms with E-state index < -0.39 is 0 Å². The van der Waals surface area contributed by atoms with Gasteiger partial charge in [0.05, 0.1) is 23.5 Å². The second-order valence-electron chi connectivity index (χ2n) is 7.13. The van der Waals surface area contributed by atoms with E-state index in [4.69, 9.17) is 0 Å². The number of thioether (sulfide) groups is 2. The monoisotopic (exact) mass is 648 g/mol. The molecule has 1 radical (unpaired) electrons. The zero-order valence-corrected chi connectivity index (χ0v) is 27.4. The minimum Gasteiger partial charge on any atom is -1.00 e. The fraction of sp³-hybridized carbons (Fsp3) is 0.727. The first-order valence-electron chi connectivity index (χ1n) is 10.7. The van der Waals surface area contributed by atoms with E-state index in [0.717, 1.165) is 0 Å². The van der Waals surface area contributed by atoms with Crippen LogP contribution in [0.15, 0.2) is 13.6 Å². The third-order valence-electron chi connectivity index (χ3n) is 4.72. The molecule has 2 rings (SSSR count). The minimum atomic E-state index is 0. The topological polar surface area (TPSA) is 0 Å². The molecule has 0 fully saturated rings. The maximum absolute atomic E-state index is 3.82. The Morgan fingerprint density at radius 2 is 1.28 bits per heavy atom. The maximum Gasteiger partial charge on any atom is 0.0855 e. The Labute approximate surface area is 227 Å². The number of hydrogen-bond donors (Lipinski definition) is 0. The van der Waals surface area contributed by atoms with Gasteiger partial charge in [0, 0.05) is 24.4 Å². The van der Waals surface area contributed by atoms with E-state index in [-0.39, 0.29) is 36.5 Å². The van der Waals surface area contributed by atoms with Gasteiger partial charge in [-0.05, 0) is 40.3 Å². The van der Waals surface area contributed by atoms with E-state index >= 15 is 0 Å². The predicted octanol–water partition coefficient (Wildman–Crippen LogP) is 7.43. The van der Waals surface area contributed by atoms with Gasteiger partial charge in [-0.1, -0.05) is 78.1 Å². The Balaban J connectivity index is 0.00000392. The average molecular weight is 652 g/mol. The first-order chi connectivity index (χ1) is 13.3. The molecule has 163 valence electrons. The van der Waals surface area contributed by atoms with E-state index in [0.29, 0.717) is 0 Å². The van der Waals surface area contributed by atoms with E-state index in [2.05, 4.69) is 35.2 Å². The van der Waals surface area contributed by atoms with Crippen molar-refractivity contribution in [3.63, 3.8) is 0 Å². The molecule has 0 nitrogen and oxygen atoms in total. The SMILES string of the molecule is CCCCCCCCSc1[c]sc2c(SCCCCCCCC)c(Br)sc12.[Br-].[Zn]. The van der Waals surface area contributed by atoms with Gasteiger partial charge in [0.1, 0.15) is 0 Å². The number of fused-ring (bicyclic) bond motifs is 1. The van der Waals surface area contributed by atoms with Crippen molar-refractivity contribution >= 4 is 71.5 Å². The molecule has 2 heterocycles. The maximum atomic E-state index is 3.82. The van der Waals surface area contributed by atoms with Crippen molar-refractivity contribution in [3.8, 4) is 0 Å². The minimum absolute atomic E-state index is 0. The van der Waals surface area contributed by atoms with Crippen molar-refractivity contribution in [1.82, 2.24) is 0 Å². The summed E-state index contributed by atoms with van der Waals surface area (Å²) in [6, 6.07) is 0. The summed E-state index contributed by atoms with van der Waals surface area (Å²) in [5.41, 5.74) is 0. The zero-order chi connectivity index (χ0) is 19.3. The van der Waals surface area contributed by atoms with Crippen molar-refractivity contribution in [2.24, 2.45) is 0 Å². The van der Waals surface area contributed by atoms with Crippen LogP contribution in [0.2, 0.25) is 0 Å². The molecule has 0 saturated carbocycles. The summed E-state index contributed by atoms with van der Waals surface area (Å²) in [4.78, 5) is 2.86. The molecule has 0 saturated heterocycles. The van der Waals surface area contributed by atoms with Crippen molar-refractivity contribution in [2.45, 2.75) is 101 Å². The molecule has 0 aromatic carbocycles. The van der Waals surface area contributed by atoms with Gasteiger partial charge in [0.25, 0.3) is 0 Å². The molecule has 2 aromatic rings. The summed E-state index contributed by atoms with van der Waals surface area (Å²) in [5, 5.41) is 3.58. The second kappa shape index (κ2) is 19.4. The summed E-state index contributed by atoms with van der Waals surface area (Å²) in [7, 11) is 0. The van der Waals surface area contributed by atoms with Crippen molar-refractivity contribution in [3.05, 3.63) is 9.17 Å². The van der Waals surface area contributed by atoms with E-state index in [1.165, 1.54) is 112 Å².